The Morgan fingerprint density at radius 3 is 2.75 bits per heavy atom. The fraction of sp³-hybridized carbons (Fsp3) is 0.0455. The summed E-state index contributed by atoms with van der Waals surface area (Å²) < 4.78 is 19.1. The van der Waals surface area contributed by atoms with Crippen LogP contribution in [0.15, 0.2) is 86.5 Å². The number of carbonyl (C=O) groups excluding carboxylic acids is 1. The van der Waals surface area contributed by atoms with Crippen LogP contribution in [-0.4, -0.2) is 27.1 Å². The average molecular weight is 450 g/mol. The van der Waals surface area contributed by atoms with Crippen LogP contribution in [-0.2, 0) is 11.3 Å². The van der Waals surface area contributed by atoms with E-state index in [1.165, 1.54) is 35.6 Å². The van der Waals surface area contributed by atoms with Gasteiger partial charge in [0.1, 0.15) is 11.6 Å². The van der Waals surface area contributed by atoms with Gasteiger partial charge in [-0.2, -0.15) is 5.10 Å². The number of thioether (sulfide) groups is 1. The third-order valence-electron chi connectivity index (χ3n) is 4.41. The number of hydrogen-bond acceptors (Lipinski definition) is 7. The Bertz CT molecular complexity index is 1250. The van der Waals surface area contributed by atoms with Crippen molar-refractivity contribution in [3.63, 3.8) is 0 Å². The third-order valence-corrected chi connectivity index (χ3v) is 5.40. The number of benzene rings is 2. The number of non-ortho nitro benzene ring substituents is 1. The third kappa shape index (κ3) is 4.81. The number of nitrogens with zero attached hydrogens (tertiary/aromatic N) is 4. The number of amidine groups is 1. The van der Waals surface area contributed by atoms with Crippen LogP contribution in [0.3, 0.4) is 0 Å². The van der Waals surface area contributed by atoms with E-state index in [0.29, 0.717) is 16.2 Å². The van der Waals surface area contributed by atoms with E-state index in [4.69, 9.17) is 4.42 Å². The summed E-state index contributed by atoms with van der Waals surface area (Å²) in [6.45, 7) is 0.124. The van der Waals surface area contributed by atoms with Crippen molar-refractivity contribution in [2.75, 3.05) is 0 Å². The molecule has 8 nitrogen and oxygen atoms in total. The van der Waals surface area contributed by atoms with Crippen molar-refractivity contribution in [2.45, 2.75) is 6.54 Å². The summed E-state index contributed by atoms with van der Waals surface area (Å²) in [5.74, 6) is -0.246. The SMILES string of the molecule is O=C1/C(=C/c2cccc([N+](=O)[O-])c2)S/C(=N/N=C\c2ccccc2F)N1Cc1ccco1. The van der Waals surface area contributed by atoms with Gasteiger partial charge < -0.3 is 4.42 Å². The first kappa shape index (κ1) is 21.2. The highest BCUT2D eigenvalue weighted by atomic mass is 32.2. The number of hydrogen-bond donors (Lipinski definition) is 0. The first-order valence-corrected chi connectivity index (χ1v) is 10.2. The molecule has 0 radical (unpaired) electrons. The predicted molar refractivity (Wildman–Crippen MR) is 119 cm³/mol. The van der Waals surface area contributed by atoms with Crippen LogP contribution in [0.1, 0.15) is 16.9 Å². The smallest absolute Gasteiger partial charge is 0.270 e. The first-order valence-electron chi connectivity index (χ1n) is 9.35. The lowest BCUT2D eigenvalue weighted by Crippen LogP contribution is -2.28. The highest BCUT2D eigenvalue weighted by molar-refractivity contribution is 8.18. The molecule has 0 saturated carbocycles. The summed E-state index contributed by atoms with van der Waals surface area (Å²) in [7, 11) is 0. The van der Waals surface area contributed by atoms with Gasteiger partial charge in [0, 0.05) is 17.7 Å². The molecular formula is C22H15FN4O4S. The fourth-order valence-electron chi connectivity index (χ4n) is 2.88. The standard InChI is InChI=1S/C22H15FN4O4S/c23-19-9-2-1-6-16(19)13-24-25-22-26(14-18-8-4-10-31-18)21(28)20(32-22)12-15-5-3-7-17(11-15)27(29)30/h1-13H,14H2/b20-12-,24-13-,25-22+. The van der Waals surface area contributed by atoms with Crippen LogP contribution in [0, 0.1) is 15.9 Å². The van der Waals surface area contributed by atoms with Crippen molar-refractivity contribution in [1.29, 1.82) is 0 Å². The quantitative estimate of drug-likeness (QED) is 0.232. The molecule has 0 aliphatic carbocycles. The number of carbonyl (C=O) groups is 1. The molecule has 1 amide bonds. The minimum Gasteiger partial charge on any atom is -0.467 e. The molecule has 2 aromatic carbocycles. The van der Waals surface area contributed by atoms with Gasteiger partial charge in [-0.15, -0.1) is 5.10 Å². The van der Waals surface area contributed by atoms with Gasteiger partial charge >= 0.3 is 0 Å². The van der Waals surface area contributed by atoms with Crippen LogP contribution in [0.25, 0.3) is 6.08 Å². The Morgan fingerprint density at radius 2 is 2.00 bits per heavy atom. The summed E-state index contributed by atoms with van der Waals surface area (Å²) in [5.41, 5.74) is 0.686. The van der Waals surface area contributed by atoms with Crippen LogP contribution in [0.5, 0.6) is 0 Å². The summed E-state index contributed by atoms with van der Waals surface area (Å²) in [6, 6.07) is 15.5. The molecule has 0 spiro atoms. The van der Waals surface area contributed by atoms with Crippen molar-refractivity contribution in [3.8, 4) is 0 Å². The number of rotatable bonds is 6. The zero-order chi connectivity index (χ0) is 22.5. The normalized spacial score (nSPS) is 16.5. The Morgan fingerprint density at radius 1 is 1.16 bits per heavy atom. The van der Waals surface area contributed by atoms with E-state index in [1.807, 2.05) is 0 Å². The van der Waals surface area contributed by atoms with Crippen molar-refractivity contribution in [2.24, 2.45) is 10.2 Å². The molecule has 0 unspecified atom stereocenters. The average Bonchev–Trinajstić information content (AvgIpc) is 3.40. The summed E-state index contributed by atoms with van der Waals surface area (Å²) in [5, 5.41) is 19.3. The van der Waals surface area contributed by atoms with Crippen molar-refractivity contribution in [1.82, 2.24) is 4.90 Å². The molecule has 3 aromatic rings. The summed E-state index contributed by atoms with van der Waals surface area (Å²) in [4.78, 5) is 25.2. The highest BCUT2D eigenvalue weighted by Gasteiger charge is 2.34. The number of amides is 1. The predicted octanol–water partition coefficient (Wildman–Crippen LogP) is 4.83. The van der Waals surface area contributed by atoms with E-state index in [2.05, 4.69) is 10.2 Å². The highest BCUT2D eigenvalue weighted by Crippen LogP contribution is 2.34. The zero-order valence-corrected chi connectivity index (χ0v) is 17.2. The van der Waals surface area contributed by atoms with E-state index in [1.54, 1.807) is 48.5 Å². The fourth-order valence-corrected chi connectivity index (χ4v) is 3.81. The molecule has 32 heavy (non-hydrogen) atoms. The maximum atomic E-state index is 13.8. The first-order chi connectivity index (χ1) is 15.5. The van der Waals surface area contributed by atoms with Gasteiger partial charge in [0.05, 0.1) is 28.9 Å². The van der Waals surface area contributed by atoms with E-state index < -0.39 is 10.7 Å². The molecular weight excluding hydrogens is 435 g/mol. The topological polar surface area (TPSA) is 101 Å². The Hall–Kier alpha value is -4.05. The second-order valence-corrected chi connectivity index (χ2v) is 7.59. The Labute approximate surface area is 185 Å². The van der Waals surface area contributed by atoms with Crippen molar-refractivity contribution >= 4 is 40.8 Å². The molecule has 10 heteroatoms. The number of nitro benzene ring substituents is 1. The van der Waals surface area contributed by atoms with Gasteiger partial charge in [-0.05, 0) is 41.6 Å². The van der Waals surface area contributed by atoms with E-state index >= 15 is 0 Å². The number of furan rings is 1. The summed E-state index contributed by atoms with van der Waals surface area (Å²) >= 11 is 1.07. The molecule has 1 aromatic heterocycles. The van der Waals surface area contributed by atoms with Crippen LogP contribution in [0.4, 0.5) is 10.1 Å². The summed E-state index contributed by atoms with van der Waals surface area (Å²) in [6.07, 6.45) is 4.31. The molecule has 1 fully saturated rings. The van der Waals surface area contributed by atoms with Crippen molar-refractivity contribution < 1.29 is 18.5 Å². The molecule has 1 saturated heterocycles. The van der Waals surface area contributed by atoms with Gasteiger partial charge in [-0.3, -0.25) is 19.8 Å². The minimum absolute atomic E-state index is 0.0781. The second-order valence-electron chi connectivity index (χ2n) is 6.58. The lowest BCUT2D eigenvalue weighted by Gasteiger charge is -2.12. The molecule has 1 aliphatic rings. The molecule has 160 valence electrons. The Balaban J connectivity index is 1.64. The van der Waals surface area contributed by atoms with Crippen molar-refractivity contribution in [3.05, 3.63) is 105 Å². The van der Waals surface area contributed by atoms with Crippen LogP contribution < -0.4 is 0 Å². The maximum Gasteiger partial charge on any atom is 0.270 e. The van der Waals surface area contributed by atoms with Gasteiger partial charge in [-0.25, -0.2) is 4.39 Å². The monoisotopic (exact) mass is 450 g/mol. The van der Waals surface area contributed by atoms with E-state index in [9.17, 15) is 19.3 Å². The van der Waals surface area contributed by atoms with Gasteiger partial charge in [-0.1, -0.05) is 30.3 Å². The lowest BCUT2D eigenvalue weighted by atomic mass is 10.2. The van der Waals surface area contributed by atoms with Gasteiger partial charge in [0.2, 0.25) is 0 Å². The van der Waals surface area contributed by atoms with E-state index in [-0.39, 0.29) is 28.9 Å². The molecule has 0 bridgehead atoms. The second kappa shape index (κ2) is 9.40. The Kier molecular flexibility index (Phi) is 6.22. The minimum atomic E-state index is -0.501. The number of halogens is 1. The molecule has 0 atom stereocenters. The largest absolute Gasteiger partial charge is 0.467 e. The van der Waals surface area contributed by atoms with Gasteiger partial charge in [0.25, 0.3) is 11.6 Å². The number of nitro groups is 1. The van der Waals surface area contributed by atoms with E-state index in [0.717, 1.165) is 11.8 Å². The van der Waals surface area contributed by atoms with Gasteiger partial charge in [0.15, 0.2) is 5.17 Å². The molecule has 2 heterocycles. The zero-order valence-electron chi connectivity index (χ0n) is 16.4. The maximum absolute atomic E-state index is 13.8. The van der Waals surface area contributed by atoms with Crippen LogP contribution >= 0.6 is 11.8 Å². The molecule has 0 N–H and O–H groups in total. The molecule has 1 aliphatic heterocycles. The molecule has 4 rings (SSSR count). The lowest BCUT2D eigenvalue weighted by molar-refractivity contribution is -0.384. The van der Waals surface area contributed by atoms with Crippen LogP contribution in [0.2, 0.25) is 0 Å².